The van der Waals surface area contributed by atoms with Crippen molar-refractivity contribution < 1.29 is 8.83 Å². The molecule has 0 aliphatic rings. The molecule has 10 aromatic rings. The van der Waals surface area contributed by atoms with Gasteiger partial charge in [-0.25, -0.2) is 4.98 Å². The number of para-hydroxylation sites is 3. The molecular formula is C49H32N2O2. The van der Waals surface area contributed by atoms with Crippen LogP contribution in [0.2, 0.25) is 0 Å². The third-order valence-corrected chi connectivity index (χ3v) is 9.93. The van der Waals surface area contributed by atoms with E-state index in [1.54, 1.807) is 0 Å². The summed E-state index contributed by atoms with van der Waals surface area (Å²) >= 11 is 0. The van der Waals surface area contributed by atoms with E-state index < -0.39 is 0 Å². The van der Waals surface area contributed by atoms with Crippen LogP contribution < -0.4 is 4.90 Å². The molecule has 0 aliphatic carbocycles. The van der Waals surface area contributed by atoms with Gasteiger partial charge in [0.2, 0.25) is 5.89 Å². The Labute approximate surface area is 306 Å². The first-order valence-electron chi connectivity index (χ1n) is 17.8. The van der Waals surface area contributed by atoms with Crippen LogP contribution in [0.5, 0.6) is 0 Å². The number of oxazole rings is 1. The Balaban J connectivity index is 0.975. The van der Waals surface area contributed by atoms with Crippen molar-refractivity contribution in [2.75, 3.05) is 4.90 Å². The van der Waals surface area contributed by atoms with E-state index in [0.29, 0.717) is 5.89 Å². The molecule has 2 aromatic heterocycles. The number of hydrogen-bond acceptors (Lipinski definition) is 4. The van der Waals surface area contributed by atoms with Crippen LogP contribution in [0.25, 0.3) is 77.9 Å². The maximum Gasteiger partial charge on any atom is 0.227 e. The summed E-state index contributed by atoms with van der Waals surface area (Å²) in [6, 6.07) is 67.7. The van der Waals surface area contributed by atoms with Gasteiger partial charge in [-0.2, -0.15) is 0 Å². The van der Waals surface area contributed by atoms with Crippen LogP contribution in [-0.2, 0) is 0 Å². The van der Waals surface area contributed by atoms with Gasteiger partial charge in [-0.3, -0.25) is 0 Å². The van der Waals surface area contributed by atoms with Gasteiger partial charge in [-0.15, -0.1) is 0 Å². The summed E-state index contributed by atoms with van der Waals surface area (Å²) in [4.78, 5) is 6.98. The summed E-state index contributed by atoms with van der Waals surface area (Å²) in [6.07, 6.45) is 0. The van der Waals surface area contributed by atoms with E-state index in [4.69, 9.17) is 13.8 Å². The average molecular weight is 681 g/mol. The van der Waals surface area contributed by atoms with E-state index in [2.05, 4.69) is 157 Å². The maximum atomic E-state index is 6.18. The number of nitrogens with zero attached hydrogens (tertiary/aromatic N) is 2. The second-order valence-corrected chi connectivity index (χ2v) is 13.3. The van der Waals surface area contributed by atoms with Gasteiger partial charge in [0.15, 0.2) is 5.58 Å². The number of furan rings is 1. The Bertz CT molecular complexity index is 2680. The van der Waals surface area contributed by atoms with Gasteiger partial charge in [0.1, 0.15) is 16.9 Å². The lowest BCUT2D eigenvalue weighted by molar-refractivity contribution is 0.620. The largest absolute Gasteiger partial charge is 0.456 e. The Hall–Kier alpha value is -7.17. The highest BCUT2D eigenvalue weighted by Gasteiger charge is 2.16. The summed E-state index contributed by atoms with van der Waals surface area (Å²) in [6.45, 7) is 0. The molecule has 0 atom stereocenters. The summed E-state index contributed by atoms with van der Waals surface area (Å²) in [5.41, 5.74) is 12.3. The second kappa shape index (κ2) is 12.9. The first kappa shape index (κ1) is 30.6. The molecular weight excluding hydrogens is 649 g/mol. The van der Waals surface area contributed by atoms with E-state index in [0.717, 1.165) is 61.6 Å². The van der Waals surface area contributed by atoms with E-state index in [-0.39, 0.29) is 0 Å². The Morgan fingerprint density at radius 3 is 1.47 bits per heavy atom. The molecule has 250 valence electrons. The monoisotopic (exact) mass is 680 g/mol. The fourth-order valence-corrected chi connectivity index (χ4v) is 7.12. The summed E-state index contributed by atoms with van der Waals surface area (Å²) < 4.78 is 12.2. The Morgan fingerprint density at radius 1 is 0.340 bits per heavy atom. The van der Waals surface area contributed by atoms with Crippen LogP contribution in [0.1, 0.15) is 0 Å². The predicted molar refractivity (Wildman–Crippen MR) is 218 cm³/mol. The molecule has 2 heterocycles. The van der Waals surface area contributed by atoms with Gasteiger partial charge in [-0.05, 0) is 124 Å². The lowest BCUT2D eigenvalue weighted by Gasteiger charge is -2.26. The van der Waals surface area contributed by atoms with Crippen LogP contribution in [-0.4, -0.2) is 4.98 Å². The number of anilines is 3. The quantitative estimate of drug-likeness (QED) is 0.168. The standard InChI is InChI=1S/C49H32N2O2/c1-2-8-39-31-40(18-17-33(39)7-1)36-15-13-34(14-16-36)35-19-25-42(26-20-35)51(43-27-21-37(22-28-43)48-32-41-9-3-5-11-46(41)52-48)44-29-23-38(24-30-44)49-50-45-10-4-6-12-47(45)53-49/h1-32H. The molecule has 0 unspecified atom stereocenters. The second-order valence-electron chi connectivity index (χ2n) is 13.3. The van der Waals surface area contributed by atoms with Crippen molar-refractivity contribution in [1.29, 1.82) is 0 Å². The lowest BCUT2D eigenvalue weighted by Crippen LogP contribution is -2.09. The molecule has 0 saturated heterocycles. The number of aromatic nitrogens is 1. The van der Waals surface area contributed by atoms with Gasteiger partial charge in [0.05, 0.1) is 0 Å². The Morgan fingerprint density at radius 2 is 0.830 bits per heavy atom. The summed E-state index contributed by atoms with van der Waals surface area (Å²) in [7, 11) is 0. The fraction of sp³-hybridized carbons (Fsp3) is 0. The van der Waals surface area contributed by atoms with Crippen molar-refractivity contribution >= 4 is 49.9 Å². The van der Waals surface area contributed by atoms with Crippen LogP contribution in [0.3, 0.4) is 0 Å². The Kier molecular flexibility index (Phi) is 7.43. The highest BCUT2D eigenvalue weighted by molar-refractivity contribution is 5.88. The van der Waals surface area contributed by atoms with Crippen LogP contribution in [0.4, 0.5) is 17.1 Å². The summed E-state index contributed by atoms with van der Waals surface area (Å²) in [5, 5.41) is 3.60. The van der Waals surface area contributed by atoms with Crippen LogP contribution in [0, 0.1) is 0 Å². The van der Waals surface area contributed by atoms with Gasteiger partial charge >= 0.3 is 0 Å². The predicted octanol–water partition coefficient (Wildman–Crippen LogP) is 13.9. The smallest absolute Gasteiger partial charge is 0.227 e. The normalized spacial score (nSPS) is 11.4. The van der Waals surface area contributed by atoms with Gasteiger partial charge < -0.3 is 13.7 Å². The summed E-state index contributed by atoms with van der Waals surface area (Å²) in [5.74, 6) is 1.46. The lowest BCUT2D eigenvalue weighted by atomic mass is 9.98. The maximum absolute atomic E-state index is 6.18. The zero-order valence-electron chi connectivity index (χ0n) is 28.7. The minimum absolute atomic E-state index is 0.607. The molecule has 0 aliphatic heterocycles. The molecule has 4 heteroatoms. The average Bonchev–Trinajstić information content (AvgIpc) is 3.87. The van der Waals surface area contributed by atoms with Gasteiger partial charge in [-0.1, -0.05) is 103 Å². The van der Waals surface area contributed by atoms with Crippen LogP contribution in [0.15, 0.2) is 203 Å². The molecule has 0 bridgehead atoms. The highest BCUT2D eigenvalue weighted by atomic mass is 16.3. The van der Waals surface area contributed by atoms with E-state index in [9.17, 15) is 0 Å². The van der Waals surface area contributed by atoms with Gasteiger partial charge in [0.25, 0.3) is 0 Å². The van der Waals surface area contributed by atoms with Gasteiger partial charge in [0, 0.05) is 33.6 Å². The van der Waals surface area contributed by atoms with Crippen LogP contribution >= 0.6 is 0 Å². The van der Waals surface area contributed by atoms with E-state index in [1.165, 1.54) is 27.5 Å². The molecule has 53 heavy (non-hydrogen) atoms. The highest BCUT2D eigenvalue weighted by Crippen LogP contribution is 2.39. The first-order valence-corrected chi connectivity index (χ1v) is 17.8. The van der Waals surface area contributed by atoms with E-state index >= 15 is 0 Å². The van der Waals surface area contributed by atoms with E-state index in [1.807, 2.05) is 42.5 Å². The van der Waals surface area contributed by atoms with Crippen molar-refractivity contribution in [2.45, 2.75) is 0 Å². The first-order chi connectivity index (χ1) is 26.2. The number of rotatable bonds is 7. The topological polar surface area (TPSA) is 42.4 Å². The molecule has 8 aromatic carbocycles. The minimum atomic E-state index is 0.607. The van der Waals surface area contributed by atoms with Crippen molar-refractivity contribution in [3.63, 3.8) is 0 Å². The molecule has 10 rings (SSSR count). The third kappa shape index (κ3) is 5.82. The SMILES string of the molecule is c1ccc2cc(-c3ccc(-c4ccc(N(c5ccc(-c6cc7ccccc7o6)cc5)c5ccc(-c6nc7ccccc7o6)cc5)cc4)cc3)ccc2c1. The molecule has 0 spiro atoms. The molecule has 0 radical (unpaired) electrons. The molecule has 0 amide bonds. The zero-order chi connectivity index (χ0) is 35.1. The van der Waals surface area contributed by atoms with Crippen molar-refractivity contribution in [3.8, 4) is 45.0 Å². The van der Waals surface area contributed by atoms with Crippen molar-refractivity contribution in [1.82, 2.24) is 4.98 Å². The third-order valence-electron chi connectivity index (χ3n) is 9.93. The number of fused-ring (bicyclic) bond motifs is 3. The number of benzene rings is 8. The molecule has 0 fully saturated rings. The number of hydrogen-bond donors (Lipinski definition) is 0. The minimum Gasteiger partial charge on any atom is -0.456 e. The fourth-order valence-electron chi connectivity index (χ4n) is 7.12. The van der Waals surface area contributed by atoms with Crippen molar-refractivity contribution in [3.05, 3.63) is 194 Å². The molecule has 0 N–H and O–H groups in total. The zero-order valence-corrected chi connectivity index (χ0v) is 28.7. The van der Waals surface area contributed by atoms with Crippen molar-refractivity contribution in [2.24, 2.45) is 0 Å². The molecule has 0 saturated carbocycles. The molecule has 4 nitrogen and oxygen atoms in total.